The zero-order valence-corrected chi connectivity index (χ0v) is 8.47. The van der Waals surface area contributed by atoms with Gasteiger partial charge < -0.3 is 5.11 Å². The quantitative estimate of drug-likeness (QED) is 0.677. The molecule has 0 amide bonds. The first-order valence-corrected chi connectivity index (χ1v) is 5.18. The number of hydrogen-bond acceptors (Lipinski definition) is 1. The standard InChI is InChI=1S/C11H18O2/c1-10(2)3-4-11(5-6-11)8(7-10)9(12)13/h8H,3-7H2,1-2H3,(H,12,13). The van der Waals surface area contributed by atoms with Crippen molar-refractivity contribution in [2.24, 2.45) is 16.7 Å². The molecule has 2 nitrogen and oxygen atoms in total. The lowest BCUT2D eigenvalue weighted by atomic mass is 9.65. The average molecular weight is 182 g/mol. The summed E-state index contributed by atoms with van der Waals surface area (Å²) in [5.74, 6) is -0.624. The molecule has 1 spiro atoms. The van der Waals surface area contributed by atoms with Crippen molar-refractivity contribution >= 4 is 5.97 Å². The minimum absolute atomic E-state index is 0.0590. The average Bonchev–Trinajstić information content (AvgIpc) is 2.76. The molecule has 2 aliphatic rings. The molecule has 0 heterocycles. The SMILES string of the molecule is CC1(C)CCC2(CC2)C(C(=O)O)C1. The van der Waals surface area contributed by atoms with Gasteiger partial charge >= 0.3 is 5.97 Å². The van der Waals surface area contributed by atoms with Crippen LogP contribution >= 0.6 is 0 Å². The molecule has 74 valence electrons. The molecule has 2 heteroatoms. The predicted molar refractivity (Wildman–Crippen MR) is 50.4 cm³/mol. The minimum Gasteiger partial charge on any atom is -0.481 e. The molecule has 2 aliphatic carbocycles. The van der Waals surface area contributed by atoms with Crippen molar-refractivity contribution < 1.29 is 9.90 Å². The number of rotatable bonds is 1. The molecule has 2 rings (SSSR count). The lowest BCUT2D eigenvalue weighted by Crippen LogP contribution is -2.35. The Balaban J connectivity index is 2.15. The lowest BCUT2D eigenvalue weighted by Gasteiger charge is -2.39. The summed E-state index contributed by atoms with van der Waals surface area (Å²) in [5, 5.41) is 9.15. The van der Waals surface area contributed by atoms with Crippen molar-refractivity contribution in [1.82, 2.24) is 0 Å². The van der Waals surface area contributed by atoms with E-state index in [1.54, 1.807) is 0 Å². The van der Waals surface area contributed by atoms with Gasteiger partial charge in [-0.15, -0.1) is 0 Å². The highest BCUT2D eigenvalue weighted by Gasteiger charge is 2.56. The smallest absolute Gasteiger partial charge is 0.307 e. The highest BCUT2D eigenvalue weighted by atomic mass is 16.4. The summed E-state index contributed by atoms with van der Waals surface area (Å²) in [6.45, 7) is 4.39. The summed E-state index contributed by atoms with van der Waals surface area (Å²) in [5.41, 5.74) is 0.470. The third-order valence-corrected chi connectivity index (χ3v) is 3.99. The Kier molecular flexibility index (Phi) is 1.73. The Morgan fingerprint density at radius 3 is 2.23 bits per heavy atom. The Labute approximate surface area is 79.3 Å². The molecule has 0 aliphatic heterocycles. The maximum atomic E-state index is 11.1. The van der Waals surface area contributed by atoms with Gasteiger partial charge in [0, 0.05) is 0 Å². The topological polar surface area (TPSA) is 37.3 Å². The largest absolute Gasteiger partial charge is 0.481 e. The van der Waals surface area contributed by atoms with E-state index in [1.807, 2.05) is 0 Å². The van der Waals surface area contributed by atoms with Crippen LogP contribution < -0.4 is 0 Å². The fraction of sp³-hybridized carbons (Fsp3) is 0.909. The molecular formula is C11H18O2. The first-order chi connectivity index (χ1) is 5.95. The zero-order valence-electron chi connectivity index (χ0n) is 8.47. The molecule has 1 N–H and O–H groups in total. The molecule has 1 unspecified atom stereocenters. The highest BCUT2D eigenvalue weighted by Crippen LogP contribution is 2.62. The lowest BCUT2D eigenvalue weighted by molar-refractivity contribution is -0.147. The Morgan fingerprint density at radius 2 is 1.77 bits per heavy atom. The van der Waals surface area contributed by atoms with Gasteiger partial charge in [-0.25, -0.2) is 0 Å². The first kappa shape index (κ1) is 9.04. The fourth-order valence-corrected chi connectivity index (χ4v) is 2.74. The molecule has 0 aromatic heterocycles. The molecule has 0 aromatic carbocycles. The summed E-state index contributed by atoms with van der Waals surface area (Å²) in [6.07, 6.45) is 5.52. The summed E-state index contributed by atoms with van der Waals surface area (Å²) in [6, 6.07) is 0. The highest BCUT2D eigenvalue weighted by molar-refractivity contribution is 5.72. The van der Waals surface area contributed by atoms with Crippen molar-refractivity contribution in [3.8, 4) is 0 Å². The number of aliphatic carboxylic acids is 1. The van der Waals surface area contributed by atoms with Gasteiger partial charge in [-0.2, -0.15) is 0 Å². The Hall–Kier alpha value is -0.530. The number of hydrogen-bond donors (Lipinski definition) is 1. The summed E-state index contributed by atoms with van der Waals surface area (Å²) in [4.78, 5) is 11.1. The predicted octanol–water partition coefficient (Wildman–Crippen LogP) is 2.68. The number of carboxylic acids is 1. The molecule has 0 aromatic rings. The third-order valence-electron chi connectivity index (χ3n) is 3.99. The van der Waals surface area contributed by atoms with Gasteiger partial charge in [0.1, 0.15) is 0 Å². The fourth-order valence-electron chi connectivity index (χ4n) is 2.74. The molecule has 0 saturated heterocycles. The van der Waals surface area contributed by atoms with E-state index in [0.29, 0.717) is 0 Å². The van der Waals surface area contributed by atoms with Crippen molar-refractivity contribution in [3.63, 3.8) is 0 Å². The van der Waals surface area contributed by atoms with Crippen LogP contribution in [0.1, 0.15) is 46.0 Å². The first-order valence-electron chi connectivity index (χ1n) is 5.18. The van der Waals surface area contributed by atoms with E-state index in [-0.39, 0.29) is 16.7 Å². The van der Waals surface area contributed by atoms with Crippen LogP contribution in [0.3, 0.4) is 0 Å². The van der Waals surface area contributed by atoms with E-state index in [4.69, 9.17) is 5.11 Å². The molecular weight excluding hydrogens is 164 g/mol. The van der Waals surface area contributed by atoms with Crippen LogP contribution in [-0.4, -0.2) is 11.1 Å². The normalized spacial score (nSPS) is 34.5. The van der Waals surface area contributed by atoms with Gasteiger partial charge in [-0.3, -0.25) is 4.79 Å². The number of carboxylic acid groups (broad SMARTS) is 1. The molecule has 13 heavy (non-hydrogen) atoms. The second-order valence-electron chi connectivity index (χ2n) is 5.62. The van der Waals surface area contributed by atoms with E-state index in [9.17, 15) is 4.79 Å². The molecule has 2 fully saturated rings. The van der Waals surface area contributed by atoms with Crippen LogP contribution in [0.4, 0.5) is 0 Å². The molecule has 1 atom stereocenters. The van der Waals surface area contributed by atoms with Crippen LogP contribution in [0.25, 0.3) is 0 Å². The molecule has 0 radical (unpaired) electrons. The maximum Gasteiger partial charge on any atom is 0.307 e. The Bertz CT molecular complexity index is 238. The zero-order chi connectivity index (χ0) is 9.69. The summed E-state index contributed by atoms with van der Waals surface area (Å²) in [7, 11) is 0. The van der Waals surface area contributed by atoms with Crippen molar-refractivity contribution in [3.05, 3.63) is 0 Å². The number of carbonyl (C=O) groups is 1. The van der Waals surface area contributed by atoms with Crippen LogP contribution in [0.15, 0.2) is 0 Å². The van der Waals surface area contributed by atoms with Crippen molar-refractivity contribution in [2.45, 2.75) is 46.0 Å². The maximum absolute atomic E-state index is 11.1. The van der Waals surface area contributed by atoms with E-state index in [0.717, 1.165) is 25.7 Å². The van der Waals surface area contributed by atoms with E-state index < -0.39 is 5.97 Å². The van der Waals surface area contributed by atoms with E-state index in [2.05, 4.69) is 13.8 Å². The van der Waals surface area contributed by atoms with E-state index >= 15 is 0 Å². The third kappa shape index (κ3) is 1.47. The van der Waals surface area contributed by atoms with Gasteiger partial charge in [0.15, 0.2) is 0 Å². The second-order valence-corrected chi connectivity index (χ2v) is 5.62. The summed E-state index contributed by atoms with van der Waals surface area (Å²) >= 11 is 0. The van der Waals surface area contributed by atoms with Crippen LogP contribution in [-0.2, 0) is 4.79 Å². The van der Waals surface area contributed by atoms with Crippen LogP contribution in [0.5, 0.6) is 0 Å². The molecule has 0 bridgehead atoms. The Morgan fingerprint density at radius 1 is 1.23 bits per heavy atom. The monoisotopic (exact) mass is 182 g/mol. The van der Waals surface area contributed by atoms with Crippen LogP contribution in [0.2, 0.25) is 0 Å². The van der Waals surface area contributed by atoms with Gasteiger partial charge in [0.25, 0.3) is 0 Å². The van der Waals surface area contributed by atoms with Crippen molar-refractivity contribution in [2.75, 3.05) is 0 Å². The van der Waals surface area contributed by atoms with Gasteiger partial charge in [-0.1, -0.05) is 13.8 Å². The minimum atomic E-state index is -0.565. The summed E-state index contributed by atoms with van der Waals surface area (Å²) < 4.78 is 0. The second kappa shape index (κ2) is 2.49. The molecule has 2 saturated carbocycles. The van der Waals surface area contributed by atoms with E-state index in [1.165, 1.54) is 6.42 Å². The van der Waals surface area contributed by atoms with Crippen LogP contribution in [0, 0.1) is 16.7 Å². The van der Waals surface area contributed by atoms with Crippen molar-refractivity contribution in [1.29, 1.82) is 0 Å². The van der Waals surface area contributed by atoms with Gasteiger partial charge in [0.2, 0.25) is 0 Å². The van der Waals surface area contributed by atoms with Gasteiger partial charge in [-0.05, 0) is 42.9 Å². The van der Waals surface area contributed by atoms with Gasteiger partial charge in [0.05, 0.1) is 5.92 Å².